The fraction of sp³-hybridized carbons (Fsp3) is 0.348. The first kappa shape index (κ1) is 21.9. The number of hydroxylamine groups is 2. The molecule has 1 saturated heterocycles. The maximum atomic E-state index is 10.1. The van der Waals surface area contributed by atoms with Crippen LogP contribution in [0.3, 0.4) is 0 Å². The third-order valence-electron chi connectivity index (χ3n) is 5.72. The van der Waals surface area contributed by atoms with E-state index in [1.54, 1.807) is 29.8 Å². The molecule has 0 amide bonds. The first-order valence-electron chi connectivity index (χ1n) is 10.9. The highest BCUT2D eigenvalue weighted by molar-refractivity contribution is 7.19. The van der Waals surface area contributed by atoms with Crippen molar-refractivity contribution in [1.29, 1.82) is 0 Å². The van der Waals surface area contributed by atoms with Crippen LogP contribution in [0, 0.1) is 0 Å². The zero-order chi connectivity index (χ0) is 22.8. The standard InChI is InChI=1S/C23H27N7O2S/c1-28(23-25-6-3-7-30(23)31)15-18-13-19-20(33-18)22(29-8-10-32-11-9-29)27-21(26-19)17-5-2-4-16(12-17)14-24/h2-7,12-13,23,31H,8-11,14-15,24H2,1H3. The van der Waals surface area contributed by atoms with Gasteiger partial charge in [0.15, 0.2) is 11.6 Å². The van der Waals surface area contributed by atoms with Gasteiger partial charge >= 0.3 is 0 Å². The lowest BCUT2D eigenvalue weighted by Gasteiger charge is -2.30. The summed E-state index contributed by atoms with van der Waals surface area (Å²) >= 11 is 1.68. The minimum Gasteiger partial charge on any atom is -0.378 e. The Kier molecular flexibility index (Phi) is 6.34. The highest BCUT2D eigenvalue weighted by Crippen LogP contribution is 2.35. The molecule has 0 bridgehead atoms. The van der Waals surface area contributed by atoms with Crippen LogP contribution in [0.4, 0.5) is 5.82 Å². The highest BCUT2D eigenvalue weighted by atomic mass is 32.1. The smallest absolute Gasteiger partial charge is 0.201 e. The molecule has 172 valence electrons. The summed E-state index contributed by atoms with van der Waals surface area (Å²) < 4.78 is 6.63. The first-order valence-corrected chi connectivity index (χ1v) is 11.7. The predicted molar refractivity (Wildman–Crippen MR) is 130 cm³/mol. The van der Waals surface area contributed by atoms with Gasteiger partial charge in [0, 0.05) is 49.0 Å². The number of aromatic nitrogens is 2. The van der Waals surface area contributed by atoms with Gasteiger partial charge in [0.05, 0.1) is 23.4 Å². The summed E-state index contributed by atoms with van der Waals surface area (Å²) in [5, 5.41) is 11.2. The maximum absolute atomic E-state index is 10.1. The molecule has 0 radical (unpaired) electrons. The third-order valence-corrected chi connectivity index (χ3v) is 6.82. The largest absolute Gasteiger partial charge is 0.378 e. The summed E-state index contributed by atoms with van der Waals surface area (Å²) in [6.07, 6.45) is 4.54. The van der Waals surface area contributed by atoms with Gasteiger partial charge < -0.3 is 15.4 Å². The van der Waals surface area contributed by atoms with Crippen molar-refractivity contribution < 1.29 is 9.94 Å². The van der Waals surface area contributed by atoms with Crippen LogP contribution in [-0.4, -0.2) is 71.0 Å². The number of anilines is 1. The van der Waals surface area contributed by atoms with E-state index >= 15 is 0 Å². The molecule has 3 N–H and O–H groups in total. The summed E-state index contributed by atoms with van der Waals surface area (Å²) in [6, 6.07) is 10.2. The van der Waals surface area contributed by atoms with Crippen LogP contribution in [0.15, 0.2) is 47.6 Å². The average Bonchev–Trinajstić information content (AvgIpc) is 3.26. The van der Waals surface area contributed by atoms with Gasteiger partial charge in [-0.25, -0.2) is 15.0 Å². The Morgan fingerprint density at radius 1 is 1.24 bits per heavy atom. The van der Waals surface area contributed by atoms with Crippen molar-refractivity contribution in [2.75, 3.05) is 38.3 Å². The Hall–Kier alpha value is -2.89. The zero-order valence-corrected chi connectivity index (χ0v) is 19.3. The van der Waals surface area contributed by atoms with E-state index in [4.69, 9.17) is 20.4 Å². The second kappa shape index (κ2) is 9.54. The Labute approximate surface area is 196 Å². The van der Waals surface area contributed by atoms with Crippen molar-refractivity contribution in [3.05, 3.63) is 53.0 Å². The van der Waals surface area contributed by atoms with Crippen LogP contribution < -0.4 is 10.6 Å². The lowest BCUT2D eigenvalue weighted by atomic mass is 10.1. The molecular formula is C23H27N7O2S. The van der Waals surface area contributed by atoms with Crippen molar-refractivity contribution in [1.82, 2.24) is 19.9 Å². The summed E-state index contributed by atoms with van der Waals surface area (Å²) in [5.41, 5.74) is 8.78. The average molecular weight is 466 g/mol. The van der Waals surface area contributed by atoms with Crippen molar-refractivity contribution in [3.8, 4) is 11.4 Å². The predicted octanol–water partition coefficient (Wildman–Crippen LogP) is 2.66. The number of ether oxygens (including phenoxy) is 1. The Morgan fingerprint density at radius 2 is 2.09 bits per heavy atom. The number of allylic oxidation sites excluding steroid dienone is 1. The lowest BCUT2D eigenvalue weighted by molar-refractivity contribution is -0.125. The van der Waals surface area contributed by atoms with E-state index in [-0.39, 0.29) is 0 Å². The fourth-order valence-electron chi connectivity index (χ4n) is 4.04. The zero-order valence-electron chi connectivity index (χ0n) is 18.5. The number of aliphatic imine (C=N–C) groups is 1. The molecular weight excluding hydrogens is 438 g/mol. The van der Waals surface area contributed by atoms with Crippen molar-refractivity contribution in [2.45, 2.75) is 19.4 Å². The molecule has 0 saturated carbocycles. The van der Waals surface area contributed by atoms with E-state index in [2.05, 4.69) is 22.0 Å². The van der Waals surface area contributed by atoms with Gasteiger partial charge in [-0.15, -0.1) is 11.3 Å². The van der Waals surface area contributed by atoms with Crippen LogP contribution in [0.2, 0.25) is 0 Å². The SMILES string of the molecule is CN(Cc1cc2nc(-c3cccc(CN)c3)nc(N3CCOCC3)c2s1)C1N=CC=CN1O. The van der Waals surface area contributed by atoms with Gasteiger partial charge in [-0.1, -0.05) is 18.2 Å². The van der Waals surface area contributed by atoms with E-state index in [0.717, 1.165) is 50.2 Å². The van der Waals surface area contributed by atoms with E-state index in [9.17, 15) is 5.21 Å². The number of nitrogens with zero attached hydrogens (tertiary/aromatic N) is 6. The third kappa shape index (κ3) is 4.61. The van der Waals surface area contributed by atoms with Crippen molar-refractivity contribution in [3.63, 3.8) is 0 Å². The quantitative estimate of drug-likeness (QED) is 0.573. The maximum Gasteiger partial charge on any atom is 0.201 e. The van der Waals surface area contributed by atoms with Crippen LogP contribution >= 0.6 is 11.3 Å². The second-order valence-corrected chi connectivity index (χ2v) is 9.22. The Bertz CT molecular complexity index is 1190. The summed E-state index contributed by atoms with van der Waals surface area (Å²) in [7, 11) is 1.94. The number of hydrogen-bond acceptors (Lipinski definition) is 10. The second-order valence-electron chi connectivity index (χ2n) is 8.08. The fourth-order valence-corrected chi connectivity index (χ4v) is 5.22. The molecule has 0 spiro atoms. The minimum absolute atomic E-state index is 0.459. The molecule has 5 rings (SSSR count). The van der Waals surface area contributed by atoms with Gasteiger partial charge in [-0.2, -0.15) is 0 Å². The van der Waals surface area contributed by atoms with Crippen LogP contribution in [0.1, 0.15) is 10.4 Å². The van der Waals surface area contributed by atoms with E-state index in [0.29, 0.717) is 32.1 Å². The number of thiophene rings is 1. The Balaban J connectivity index is 1.52. The van der Waals surface area contributed by atoms with E-state index in [1.807, 2.05) is 30.1 Å². The van der Waals surface area contributed by atoms with Crippen LogP contribution in [0.25, 0.3) is 21.6 Å². The molecule has 10 heteroatoms. The molecule has 0 aliphatic carbocycles. The summed E-state index contributed by atoms with van der Waals surface area (Å²) in [5.74, 6) is 1.64. The molecule has 2 aliphatic rings. The van der Waals surface area contributed by atoms with Crippen LogP contribution in [0.5, 0.6) is 0 Å². The van der Waals surface area contributed by atoms with Crippen molar-refractivity contribution in [2.24, 2.45) is 10.7 Å². The highest BCUT2D eigenvalue weighted by Gasteiger charge is 2.23. The summed E-state index contributed by atoms with van der Waals surface area (Å²) in [6.45, 7) is 4.05. The van der Waals surface area contributed by atoms with Crippen LogP contribution in [-0.2, 0) is 17.8 Å². The molecule has 1 fully saturated rings. The molecule has 1 aromatic carbocycles. The van der Waals surface area contributed by atoms with Gasteiger partial charge in [0.25, 0.3) is 0 Å². The number of rotatable bonds is 6. The molecule has 1 unspecified atom stereocenters. The number of benzene rings is 1. The van der Waals surface area contributed by atoms with Gasteiger partial charge in [-0.05, 0) is 30.8 Å². The summed E-state index contributed by atoms with van der Waals surface area (Å²) in [4.78, 5) is 19.7. The van der Waals surface area contributed by atoms with Crippen molar-refractivity contribution >= 4 is 33.6 Å². The minimum atomic E-state index is -0.459. The molecule has 2 aromatic heterocycles. The van der Waals surface area contributed by atoms with E-state index < -0.39 is 6.29 Å². The molecule has 3 aromatic rings. The number of hydrogen-bond donors (Lipinski definition) is 2. The molecule has 9 nitrogen and oxygen atoms in total. The van der Waals surface area contributed by atoms with Gasteiger partial charge in [-0.3, -0.25) is 15.1 Å². The lowest BCUT2D eigenvalue weighted by Crippen LogP contribution is -2.41. The monoisotopic (exact) mass is 465 g/mol. The number of nitrogens with two attached hydrogens (primary N) is 1. The van der Waals surface area contributed by atoms with E-state index in [1.165, 1.54) is 0 Å². The number of morpholine rings is 1. The topological polar surface area (TPSA) is 103 Å². The Morgan fingerprint density at radius 3 is 2.88 bits per heavy atom. The molecule has 2 aliphatic heterocycles. The van der Waals surface area contributed by atoms with Gasteiger partial charge in [0.1, 0.15) is 0 Å². The normalized spacial score (nSPS) is 18.6. The number of fused-ring (bicyclic) bond motifs is 1. The van der Waals surface area contributed by atoms with Gasteiger partial charge in [0.2, 0.25) is 6.29 Å². The molecule has 1 atom stereocenters. The first-order chi connectivity index (χ1) is 16.1. The molecule has 4 heterocycles. The molecule has 33 heavy (non-hydrogen) atoms.